The largest absolute Gasteiger partial charge is 0.477 e. The number of anilines is 2. The molecule has 0 unspecified atom stereocenters. The van der Waals surface area contributed by atoms with Crippen LogP contribution in [0.1, 0.15) is 100 Å². The highest BCUT2D eigenvalue weighted by Gasteiger charge is 2.45. The van der Waals surface area contributed by atoms with E-state index < -0.39 is 5.97 Å². The van der Waals surface area contributed by atoms with Gasteiger partial charge in [0.15, 0.2) is 0 Å². The van der Waals surface area contributed by atoms with E-state index in [1.54, 1.807) is 36.5 Å². The van der Waals surface area contributed by atoms with Gasteiger partial charge in [-0.1, -0.05) is 53.5 Å². The van der Waals surface area contributed by atoms with Crippen molar-refractivity contribution in [3.63, 3.8) is 0 Å². The van der Waals surface area contributed by atoms with Gasteiger partial charge in [0, 0.05) is 48.6 Å². The van der Waals surface area contributed by atoms with Crippen LogP contribution in [0.15, 0.2) is 73.2 Å². The summed E-state index contributed by atoms with van der Waals surface area (Å²) in [6.45, 7) is 3.87. The molecule has 0 atom stereocenters. The van der Waals surface area contributed by atoms with Crippen LogP contribution in [0, 0.1) is 10.8 Å². The zero-order valence-corrected chi connectivity index (χ0v) is 36.3. The Morgan fingerprint density at radius 3 is 1.59 bits per heavy atom. The molecular weight excluding hydrogens is 847 g/mol. The van der Waals surface area contributed by atoms with Crippen molar-refractivity contribution in [1.29, 1.82) is 0 Å². The minimum absolute atomic E-state index is 0.0477. The van der Waals surface area contributed by atoms with E-state index in [9.17, 15) is 24.9 Å². The smallest absolute Gasteiger partial charge is 0.342 e. The average molecular weight is 898 g/mol. The van der Waals surface area contributed by atoms with Gasteiger partial charge in [-0.05, 0) is 109 Å². The number of amides is 1. The van der Waals surface area contributed by atoms with Crippen molar-refractivity contribution in [2.45, 2.75) is 84.3 Å². The van der Waals surface area contributed by atoms with E-state index in [2.05, 4.69) is 40.0 Å². The van der Waals surface area contributed by atoms with E-state index in [0.29, 0.717) is 43.9 Å². The number of piperidine rings is 2. The van der Waals surface area contributed by atoms with E-state index in [1.165, 1.54) is 38.1 Å². The van der Waals surface area contributed by atoms with Gasteiger partial charge in [0.1, 0.15) is 24.3 Å². The predicted octanol–water partition coefficient (Wildman–Crippen LogP) is 7.19. The fourth-order valence-corrected chi connectivity index (χ4v) is 8.47. The first kappa shape index (κ1) is 44.0. The Morgan fingerprint density at radius 2 is 1.16 bits per heavy atom. The predicted molar refractivity (Wildman–Crippen MR) is 236 cm³/mol. The van der Waals surface area contributed by atoms with Crippen LogP contribution in [-0.4, -0.2) is 78.3 Å². The van der Waals surface area contributed by atoms with E-state index in [0.717, 1.165) is 68.7 Å². The number of rotatable bonds is 14. The second-order valence-corrected chi connectivity index (χ2v) is 17.6. The van der Waals surface area contributed by atoms with E-state index in [4.69, 9.17) is 32.7 Å². The van der Waals surface area contributed by atoms with E-state index in [1.807, 2.05) is 24.3 Å². The average Bonchev–Trinajstić information content (AvgIpc) is 4.25. The Balaban J connectivity index is 0.000000177. The normalized spacial score (nSPS) is 16.8. The summed E-state index contributed by atoms with van der Waals surface area (Å²) in [6, 6.07) is 16.1. The van der Waals surface area contributed by atoms with Gasteiger partial charge in [0.2, 0.25) is 23.7 Å². The lowest BCUT2D eigenvalue weighted by Gasteiger charge is -2.32. The molecule has 2 saturated carbocycles. The number of hydrogen-bond donors (Lipinski definition) is 4. The number of hydrogen-bond acceptors (Lipinski definition) is 13. The molecule has 330 valence electrons. The molecule has 5 heterocycles. The number of pyridine rings is 1. The van der Waals surface area contributed by atoms with Gasteiger partial charge in [-0.15, -0.1) is 0 Å². The fourth-order valence-electron chi connectivity index (χ4n) is 7.95. The molecule has 2 aromatic carbocycles. The summed E-state index contributed by atoms with van der Waals surface area (Å²) in [5, 5.41) is 31.8. The minimum Gasteiger partial charge on any atom is -0.477 e. The zero-order chi connectivity index (χ0) is 44.0. The Morgan fingerprint density at radius 1 is 0.667 bits per heavy atom. The minimum atomic E-state index is -1.13. The number of aliphatic hydroxyl groups is 2. The highest BCUT2D eigenvalue weighted by atomic mass is 35.5. The number of carboxylic acid groups (broad SMARTS) is 1. The molecule has 5 aromatic rings. The Bertz CT molecular complexity index is 2420. The summed E-state index contributed by atoms with van der Waals surface area (Å²) in [4.78, 5) is 50.8. The molecule has 63 heavy (non-hydrogen) atoms. The van der Waals surface area contributed by atoms with Gasteiger partial charge in [0.05, 0.1) is 31.6 Å². The van der Waals surface area contributed by atoms with Crippen LogP contribution >= 0.6 is 23.2 Å². The fraction of sp³-hybridized carbons (Fsp3) is 0.413. The number of halogens is 2. The number of carbonyl (C=O) groups excluding carboxylic acids is 1. The Kier molecular flexibility index (Phi) is 13.6. The molecule has 2 spiro atoms. The van der Waals surface area contributed by atoms with Crippen molar-refractivity contribution in [2.24, 2.45) is 10.8 Å². The highest BCUT2D eigenvalue weighted by molar-refractivity contribution is 6.31. The van der Waals surface area contributed by atoms with Gasteiger partial charge in [0.25, 0.3) is 5.91 Å². The SMILES string of the molecule is O=C(NCc1ccccn1)c1cnc(N2CCC3(CC2)CC3)nc1OCc1ccc(CO)c(Cl)c1.O=C(O)c1cnc(N2CCC3(CC2)CC3)nc1OCc1ccc(CO)c(Cl)c1. The van der Waals surface area contributed by atoms with Crippen molar-refractivity contribution in [3.8, 4) is 11.8 Å². The summed E-state index contributed by atoms with van der Waals surface area (Å²) < 4.78 is 11.8. The molecule has 15 nitrogen and oxygen atoms in total. The summed E-state index contributed by atoms with van der Waals surface area (Å²) in [5.41, 5.74) is 4.86. The number of ether oxygens (including phenoxy) is 2. The van der Waals surface area contributed by atoms with Crippen LogP contribution < -0.4 is 24.6 Å². The second-order valence-electron chi connectivity index (χ2n) is 16.8. The van der Waals surface area contributed by atoms with Crippen LogP contribution in [0.25, 0.3) is 0 Å². The van der Waals surface area contributed by atoms with Crippen LogP contribution in [-0.2, 0) is 33.0 Å². The van der Waals surface area contributed by atoms with Gasteiger partial charge >= 0.3 is 5.97 Å². The molecule has 3 aromatic heterocycles. The molecule has 2 saturated heterocycles. The summed E-state index contributed by atoms with van der Waals surface area (Å²) in [6.07, 6.45) is 14.3. The molecule has 0 radical (unpaired) electrons. The third kappa shape index (κ3) is 11.0. The molecule has 17 heteroatoms. The zero-order valence-electron chi connectivity index (χ0n) is 34.8. The number of nitrogens with one attached hydrogen (secondary N) is 1. The maximum absolute atomic E-state index is 13.0. The van der Waals surface area contributed by atoms with Gasteiger partial charge in [-0.2, -0.15) is 9.97 Å². The maximum Gasteiger partial charge on any atom is 0.342 e. The van der Waals surface area contributed by atoms with Crippen molar-refractivity contribution in [3.05, 3.63) is 122 Å². The molecule has 4 N–H and O–H groups in total. The van der Waals surface area contributed by atoms with Crippen LogP contribution in [0.3, 0.4) is 0 Å². The van der Waals surface area contributed by atoms with Gasteiger partial charge < -0.3 is 39.9 Å². The van der Waals surface area contributed by atoms with Crippen LogP contribution in [0.5, 0.6) is 11.8 Å². The van der Waals surface area contributed by atoms with Crippen molar-refractivity contribution >= 4 is 47.0 Å². The molecule has 1 amide bonds. The topological polar surface area (TPSA) is 196 Å². The number of aromatic nitrogens is 5. The standard InChI is InChI=1S/C26H28ClN5O3.C20H22ClN3O4/c27-22-13-18(4-5-19(22)16-33)17-35-24-21(23(34)29-14-20-3-1-2-10-28-20)15-30-25(31-24)32-11-8-26(6-7-26)9-12-32;21-16-9-13(1-2-14(16)11-25)12-28-17-15(18(26)27)10-22-19(23-17)24-7-5-20(3-4-20)6-8-24/h1-5,10,13,15,33H,6-9,11-12,14,16-17H2,(H,29,34);1-2,9-10,25H,3-8,11-12H2,(H,26,27). The first-order valence-electron chi connectivity index (χ1n) is 21.2. The summed E-state index contributed by atoms with van der Waals surface area (Å²) in [7, 11) is 0. The maximum atomic E-state index is 13.0. The Labute approximate surface area is 375 Å². The van der Waals surface area contributed by atoms with E-state index in [-0.39, 0.29) is 61.8 Å². The summed E-state index contributed by atoms with van der Waals surface area (Å²) >= 11 is 12.3. The number of nitrogens with zero attached hydrogens (tertiary/aromatic N) is 7. The lowest BCUT2D eigenvalue weighted by Crippen LogP contribution is -2.35. The van der Waals surface area contributed by atoms with Crippen molar-refractivity contribution < 1.29 is 34.4 Å². The first-order chi connectivity index (χ1) is 30.5. The molecule has 2 aliphatic carbocycles. The molecule has 4 aliphatic rings. The summed E-state index contributed by atoms with van der Waals surface area (Å²) in [5.74, 6) is -0.115. The second kappa shape index (κ2) is 19.4. The molecule has 4 fully saturated rings. The third-order valence-corrected chi connectivity index (χ3v) is 13.3. The van der Waals surface area contributed by atoms with Crippen LogP contribution in [0.4, 0.5) is 11.9 Å². The number of carboxylic acids is 1. The van der Waals surface area contributed by atoms with Gasteiger partial charge in [-0.25, -0.2) is 14.8 Å². The third-order valence-electron chi connectivity index (χ3n) is 12.6. The number of benzene rings is 2. The van der Waals surface area contributed by atoms with E-state index >= 15 is 0 Å². The molecule has 2 aliphatic heterocycles. The number of carbonyl (C=O) groups is 2. The Hall–Kier alpha value is -5.61. The lowest BCUT2D eigenvalue weighted by atomic mass is 9.94. The molecular formula is C46H50Cl2N8O7. The highest BCUT2D eigenvalue weighted by Crippen LogP contribution is 2.54. The number of aromatic carboxylic acids is 1. The van der Waals surface area contributed by atoms with Gasteiger partial charge in [-0.3, -0.25) is 9.78 Å². The lowest BCUT2D eigenvalue weighted by molar-refractivity contribution is 0.0689. The van der Waals surface area contributed by atoms with Crippen molar-refractivity contribution in [2.75, 3.05) is 36.0 Å². The first-order valence-corrected chi connectivity index (χ1v) is 22.0. The van der Waals surface area contributed by atoms with Crippen molar-refractivity contribution in [1.82, 2.24) is 30.2 Å². The monoisotopic (exact) mass is 896 g/mol. The molecule has 0 bridgehead atoms. The number of aliphatic hydroxyl groups excluding tert-OH is 2. The quantitative estimate of drug-likeness (QED) is 0.0875. The molecule has 9 rings (SSSR count). The van der Waals surface area contributed by atoms with Crippen LogP contribution in [0.2, 0.25) is 10.0 Å².